The number of likely N-dealkylation sites (tertiary alicyclic amines) is 1. The van der Waals surface area contributed by atoms with Crippen molar-refractivity contribution in [1.29, 1.82) is 5.26 Å². The Bertz CT molecular complexity index is 270. The molecule has 1 heterocycles. The van der Waals surface area contributed by atoms with Gasteiger partial charge in [-0.2, -0.15) is 5.26 Å². The van der Waals surface area contributed by atoms with Crippen LogP contribution in [0, 0.1) is 22.7 Å². The van der Waals surface area contributed by atoms with Crippen molar-refractivity contribution in [1.82, 2.24) is 10.2 Å². The summed E-state index contributed by atoms with van der Waals surface area (Å²) in [4.78, 5) is 2.54. The van der Waals surface area contributed by atoms with Gasteiger partial charge in [0.25, 0.3) is 0 Å². The van der Waals surface area contributed by atoms with E-state index in [1.807, 2.05) is 0 Å². The van der Waals surface area contributed by atoms with Crippen molar-refractivity contribution in [2.24, 2.45) is 11.3 Å². The van der Waals surface area contributed by atoms with E-state index in [4.69, 9.17) is 5.26 Å². The Morgan fingerprint density at radius 3 is 2.59 bits per heavy atom. The number of nitriles is 1. The summed E-state index contributed by atoms with van der Waals surface area (Å²) < 4.78 is 0. The fourth-order valence-corrected chi connectivity index (χ4v) is 2.81. The quantitative estimate of drug-likeness (QED) is 0.765. The average Bonchev–Trinajstić information content (AvgIpc) is 3.11. The predicted octanol–water partition coefficient (Wildman–Crippen LogP) is 2.00. The van der Waals surface area contributed by atoms with Crippen molar-refractivity contribution in [2.45, 2.75) is 39.0 Å². The predicted molar refractivity (Wildman–Crippen MR) is 69.6 cm³/mol. The third kappa shape index (κ3) is 3.69. The molecule has 0 radical (unpaired) electrons. The van der Waals surface area contributed by atoms with Gasteiger partial charge in [-0.15, -0.1) is 0 Å². The van der Waals surface area contributed by atoms with E-state index in [0.29, 0.717) is 5.41 Å². The monoisotopic (exact) mass is 235 g/mol. The van der Waals surface area contributed by atoms with Gasteiger partial charge in [0.1, 0.15) is 0 Å². The van der Waals surface area contributed by atoms with Crippen LogP contribution in [0.15, 0.2) is 0 Å². The van der Waals surface area contributed by atoms with Gasteiger partial charge in [-0.05, 0) is 63.2 Å². The molecule has 0 spiro atoms. The highest BCUT2D eigenvalue weighted by Crippen LogP contribution is 2.47. The molecule has 3 heteroatoms. The first kappa shape index (κ1) is 12.9. The van der Waals surface area contributed by atoms with Crippen molar-refractivity contribution in [3.63, 3.8) is 0 Å². The molecule has 0 atom stereocenters. The van der Waals surface area contributed by atoms with E-state index in [0.717, 1.165) is 25.4 Å². The molecule has 0 aromatic heterocycles. The molecule has 1 saturated carbocycles. The molecule has 0 amide bonds. The Labute approximate surface area is 105 Å². The molecule has 2 fully saturated rings. The molecule has 0 aromatic rings. The minimum absolute atomic E-state index is 0.360. The second kappa shape index (κ2) is 5.84. The smallest absolute Gasteiger partial charge is 0.0628 e. The average molecular weight is 235 g/mol. The van der Waals surface area contributed by atoms with E-state index >= 15 is 0 Å². The van der Waals surface area contributed by atoms with Gasteiger partial charge in [0, 0.05) is 13.0 Å². The summed E-state index contributed by atoms with van der Waals surface area (Å²) >= 11 is 0. The van der Waals surface area contributed by atoms with Crippen LogP contribution in [0.5, 0.6) is 0 Å². The molecule has 96 valence electrons. The summed E-state index contributed by atoms with van der Waals surface area (Å²) in [5.74, 6) is 0.857. The van der Waals surface area contributed by atoms with Gasteiger partial charge in [-0.25, -0.2) is 0 Å². The zero-order valence-corrected chi connectivity index (χ0v) is 11.0. The maximum atomic E-state index is 8.76. The van der Waals surface area contributed by atoms with E-state index in [1.54, 1.807) is 0 Å². The topological polar surface area (TPSA) is 39.1 Å². The number of nitrogens with zero attached hydrogens (tertiary/aromatic N) is 2. The number of hydrogen-bond acceptors (Lipinski definition) is 3. The summed E-state index contributed by atoms with van der Waals surface area (Å²) in [5, 5.41) is 12.4. The van der Waals surface area contributed by atoms with Crippen molar-refractivity contribution < 1.29 is 0 Å². The molecule has 3 nitrogen and oxygen atoms in total. The largest absolute Gasteiger partial charge is 0.316 e. The molecule has 1 aliphatic heterocycles. The minimum atomic E-state index is 0.360. The maximum Gasteiger partial charge on any atom is 0.0628 e. The third-order valence-corrected chi connectivity index (χ3v) is 4.50. The van der Waals surface area contributed by atoms with E-state index < -0.39 is 0 Å². The Balaban J connectivity index is 1.59. The van der Waals surface area contributed by atoms with Gasteiger partial charge in [-0.3, -0.25) is 0 Å². The standard InChI is InChI=1S/C14H25N3/c1-2-17-9-3-13(4-10-17)11-16-12-14(5-6-14)7-8-15/h13,16H,2-7,9-12H2,1H3. The van der Waals surface area contributed by atoms with Crippen LogP contribution in [0.4, 0.5) is 0 Å². The van der Waals surface area contributed by atoms with Gasteiger partial charge >= 0.3 is 0 Å². The van der Waals surface area contributed by atoms with Crippen molar-refractivity contribution in [2.75, 3.05) is 32.7 Å². The summed E-state index contributed by atoms with van der Waals surface area (Å²) in [5.41, 5.74) is 0.360. The molecular formula is C14H25N3. The van der Waals surface area contributed by atoms with E-state index in [-0.39, 0.29) is 0 Å². The molecule has 0 aromatic carbocycles. The molecular weight excluding hydrogens is 210 g/mol. The van der Waals surface area contributed by atoms with Gasteiger partial charge in [0.05, 0.1) is 6.07 Å². The van der Waals surface area contributed by atoms with Crippen molar-refractivity contribution in [3.8, 4) is 6.07 Å². The first-order chi connectivity index (χ1) is 8.28. The number of nitrogens with one attached hydrogen (secondary N) is 1. The lowest BCUT2D eigenvalue weighted by Crippen LogP contribution is -2.38. The van der Waals surface area contributed by atoms with Crippen LogP contribution in [-0.2, 0) is 0 Å². The summed E-state index contributed by atoms with van der Waals surface area (Å²) in [6, 6.07) is 2.33. The van der Waals surface area contributed by atoms with E-state index in [9.17, 15) is 0 Å². The lowest BCUT2D eigenvalue weighted by atomic mass is 9.96. The second-order valence-electron chi connectivity index (χ2n) is 5.84. The first-order valence-electron chi connectivity index (χ1n) is 7.08. The van der Waals surface area contributed by atoms with Gasteiger partial charge in [0.15, 0.2) is 0 Å². The summed E-state index contributed by atoms with van der Waals surface area (Å²) in [6.07, 6.45) is 5.93. The molecule has 1 saturated heterocycles. The van der Waals surface area contributed by atoms with Crippen LogP contribution in [0.2, 0.25) is 0 Å². The highest BCUT2D eigenvalue weighted by atomic mass is 15.1. The Hall–Kier alpha value is -0.590. The molecule has 2 rings (SSSR count). The zero-order valence-electron chi connectivity index (χ0n) is 11.0. The molecule has 17 heavy (non-hydrogen) atoms. The van der Waals surface area contributed by atoms with Crippen molar-refractivity contribution >= 4 is 0 Å². The second-order valence-corrected chi connectivity index (χ2v) is 5.84. The lowest BCUT2D eigenvalue weighted by molar-refractivity contribution is 0.188. The van der Waals surface area contributed by atoms with Crippen LogP contribution >= 0.6 is 0 Å². The molecule has 0 bridgehead atoms. The van der Waals surface area contributed by atoms with Crippen molar-refractivity contribution in [3.05, 3.63) is 0 Å². The number of rotatable bonds is 6. The molecule has 0 unspecified atom stereocenters. The molecule has 2 aliphatic rings. The van der Waals surface area contributed by atoms with Crippen LogP contribution in [0.25, 0.3) is 0 Å². The highest BCUT2D eigenvalue weighted by Gasteiger charge is 2.41. The maximum absolute atomic E-state index is 8.76. The zero-order chi connectivity index (χ0) is 12.1. The molecule has 1 N–H and O–H groups in total. The fraction of sp³-hybridized carbons (Fsp3) is 0.929. The normalized spacial score (nSPS) is 24.5. The number of piperidine rings is 1. The Kier molecular flexibility index (Phi) is 4.42. The van der Waals surface area contributed by atoms with Crippen LogP contribution in [0.1, 0.15) is 39.0 Å². The third-order valence-electron chi connectivity index (χ3n) is 4.50. The first-order valence-corrected chi connectivity index (χ1v) is 7.08. The number of hydrogen-bond donors (Lipinski definition) is 1. The fourth-order valence-electron chi connectivity index (χ4n) is 2.81. The lowest BCUT2D eigenvalue weighted by Gasteiger charge is -2.31. The Morgan fingerprint density at radius 1 is 1.35 bits per heavy atom. The van der Waals surface area contributed by atoms with Crippen LogP contribution in [-0.4, -0.2) is 37.6 Å². The summed E-state index contributed by atoms with van der Waals surface area (Å²) in [6.45, 7) is 8.21. The van der Waals surface area contributed by atoms with Crippen LogP contribution in [0.3, 0.4) is 0 Å². The SMILES string of the molecule is CCN1CCC(CNCC2(CC#N)CC2)CC1. The van der Waals surface area contributed by atoms with Gasteiger partial charge < -0.3 is 10.2 Å². The molecule has 1 aliphatic carbocycles. The van der Waals surface area contributed by atoms with Gasteiger partial charge in [-0.1, -0.05) is 6.92 Å². The van der Waals surface area contributed by atoms with Gasteiger partial charge in [0.2, 0.25) is 0 Å². The highest BCUT2D eigenvalue weighted by molar-refractivity contribution is 5.00. The van der Waals surface area contributed by atoms with E-state index in [2.05, 4.69) is 23.2 Å². The minimum Gasteiger partial charge on any atom is -0.316 e. The summed E-state index contributed by atoms with van der Waals surface area (Å²) in [7, 11) is 0. The van der Waals surface area contributed by atoms with E-state index in [1.165, 1.54) is 45.3 Å². The van der Waals surface area contributed by atoms with Crippen LogP contribution < -0.4 is 5.32 Å². The Morgan fingerprint density at radius 2 is 2.06 bits per heavy atom.